The van der Waals surface area contributed by atoms with Crippen LogP contribution in [0.2, 0.25) is 0 Å². The van der Waals surface area contributed by atoms with E-state index in [2.05, 4.69) is 52.4 Å². The van der Waals surface area contributed by atoms with Gasteiger partial charge in [-0.2, -0.15) is 0 Å². The molecule has 21 heavy (non-hydrogen) atoms. The van der Waals surface area contributed by atoms with E-state index in [1.54, 1.807) is 7.11 Å². The minimum absolute atomic E-state index is 0.0676. The van der Waals surface area contributed by atoms with E-state index in [0.29, 0.717) is 13.2 Å². The Hall–Kier alpha value is -0.910. The maximum absolute atomic E-state index is 11.9. The van der Waals surface area contributed by atoms with Gasteiger partial charge in [-0.25, -0.2) is 0 Å². The lowest BCUT2D eigenvalue weighted by Gasteiger charge is -2.25. The van der Waals surface area contributed by atoms with Gasteiger partial charge < -0.3 is 14.8 Å². The summed E-state index contributed by atoms with van der Waals surface area (Å²) < 4.78 is 11.2. The maximum atomic E-state index is 11.9. The van der Waals surface area contributed by atoms with Gasteiger partial charge >= 0.3 is 0 Å². The molecule has 0 spiro atoms. The number of benzene rings is 1. The Bertz CT molecular complexity index is 471. The van der Waals surface area contributed by atoms with E-state index >= 15 is 0 Å². The van der Waals surface area contributed by atoms with Crippen molar-refractivity contribution in [3.05, 3.63) is 34.3 Å². The summed E-state index contributed by atoms with van der Waals surface area (Å²) in [7, 11) is 1.61. The first-order valence-electron chi connectivity index (χ1n) is 7.20. The van der Waals surface area contributed by atoms with Gasteiger partial charge in [-0.15, -0.1) is 0 Å². The molecule has 1 N–H and O–H groups in total. The molecule has 1 fully saturated rings. The van der Waals surface area contributed by atoms with E-state index in [9.17, 15) is 4.79 Å². The molecule has 0 bridgehead atoms. The second kappa shape index (κ2) is 7.38. The molecule has 0 aromatic heterocycles. The van der Waals surface area contributed by atoms with Gasteiger partial charge in [0, 0.05) is 23.0 Å². The largest absolute Gasteiger partial charge is 0.382 e. The van der Waals surface area contributed by atoms with Gasteiger partial charge in [-0.05, 0) is 37.5 Å². The second-order valence-electron chi connectivity index (χ2n) is 5.50. The second-order valence-corrected chi connectivity index (χ2v) is 6.41. The third kappa shape index (κ3) is 4.28. The van der Waals surface area contributed by atoms with Crippen molar-refractivity contribution in [3.8, 4) is 0 Å². The monoisotopic (exact) mass is 355 g/mol. The lowest BCUT2D eigenvalue weighted by atomic mass is 9.89. The summed E-state index contributed by atoms with van der Waals surface area (Å²) in [4.78, 5) is 11.9. The van der Waals surface area contributed by atoms with E-state index in [0.717, 1.165) is 17.3 Å². The predicted octanol–water partition coefficient (Wildman–Crippen LogP) is 2.65. The topological polar surface area (TPSA) is 47.6 Å². The van der Waals surface area contributed by atoms with Crippen LogP contribution in [0, 0.1) is 0 Å². The molecule has 116 valence electrons. The van der Waals surface area contributed by atoms with Crippen LogP contribution in [0.25, 0.3) is 0 Å². The molecule has 1 unspecified atom stereocenters. The average Bonchev–Trinajstić information content (AvgIpc) is 3.26. The molecule has 1 amide bonds. The molecule has 0 aliphatic heterocycles. The summed E-state index contributed by atoms with van der Waals surface area (Å²) in [5.41, 5.74) is 1.38. The number of methoxy groups -OCH3 is 1. The van der Waals surface area contributed by atoms with E-state index in [1.807, 2.05) is 0 Å². The highest BCUT2D eigenvalue weighted by atomic mass is 79.9. The van der Waals surface area contributed by atoms with Crippen molar-refractivity contribution in [2.24, 2.45) is 0 Å². The van der Waals surface area contributed by atoms with Gasteiger partial charge in [0.2, 0.25) is 5.91 Å². The van der Waals surface area contributed by atoms with E-state index in [4.69, 9.17) is 9.47 Å². The zero-order valence-corrected chi connectivity index (χ0v) is 14.1. The van der Waals surface area contributed by atoms with Crippen molar-refractivity contribution in [1.82, 2.24) is 5.32 Å². The average molecular weight is 356 g/mol. The number of halogens is 1. The Morgan fingerprint density at radius 1 is 1.33 bits per heavy atom. The summed E-state index contributed by atoms with van der Waals surface area (Å²) in [5.74, 6) is -0.0676. The molecule has 1 aromatic rings. The van der Waals surface area contributed by atoms with Gasteiger partial charge in [0.1, 0.15) is 6.61 Å². The lowest BCUT2D eigenvalue weighted by Crippen LogP contribution is -2.43. The Morgan fingerprint density at radius 3 is 2.57 bits per heavy atom. The molecule has 1 aliphatic carbocycles. The van der Waals surface area contributed by atoms with Crippen molar-refractivity contribution in [3.63, 3.8) is 0 Å². The number of carbonyl (C=O) groups excluding carboxylic acids is 1. The van der Waals surface area contributed by atoms with Gasteiger partial charge in [-0.1, -0.05) is 28.1 Å². The standard InChI is InChI=1S/C16H22BrNO3/c1-12(18-15(19)11-21-10-9-20-2)16(7-8-16)13-3-5-14(17)6-4-13/h3-6,12H,7-11H2,1-2H3,(H,18,19). The molecule has 0 saturated heterocycles. The number of carbonyl (C=O) groups is 1. The maximum Gasteiger partial charge on any atom is 0.246 e. The third-order valence-corrected chi connectivity index (χ3v) is 4.61. The van der Waals surface area contributed by atoms with Crippen molar-refractivity contribution in [1.29, 1.82) is 0 Å². The molecule has 1 saturated carbocycles. The van der Waals surface area contributed by atoms with Gasteiger partial charge in [-0.3, -0.25) is 4.79 Å². The molecule has 2 rings (SSSR count). The van der Waals surface area contributed by atoms with Gasteiger partial charge in [0.15, 0.2) is 0 Å². The van der Waals surface area contributed by atoms with Crippen molar-refractivity contribution < 1.29 is 14.3 Å². The molecule has 4 nitrogen and oxygen atoms in total. The fraction of sp³-hybridized carbons (Fsp3) is 0.562. The van der Waals surface area contributed by atoms with Crippen LogP contribution in [0.15, 0.2) is 28.7 Å². The minimum Gasteiger partial charge on any atom is -0.382 e. The van der Waals surface area contributed by atoms with Crippen LogP contribution in [-0.2, 0) is 19.7 Å². The number of amides is 1. The number of hydrogen-bond donors (Lipinski definition) is 1. The molecule has 1 atom stereocenters. The third-order valence-electron chi connectivity index (χ3n) is 4.08. The van der Waals surface area contributed by atoms with Gasteiger partial charge in [0.05, 0.1) is 13.2 Å². The molecule has 1 aromatic carbocycles. The first-order valence-corrected chi connectivity index (χ1v) is 8.00. The Kier molecular flexibility index (Phi) is 5.79. The Morgan fingerprint density at radius 2 is 2.00 bits per heavy atom. The highest BCUT2D eigenvalue weighted by molar-refractivity contribution is 9.10. The number of ether oxygens (including phenoxy) is 2. The molecule has 0 heterocycles. The smallest absolute Gasteiger partial charge is 0.246 e. The summed E-state index contributed by atoms with van der Waals surface area (Å²) >= 11 is 3.45. The van der Waals surface area contributed by atoms with E-state index in [1.165, 1.54) is 5.56 Å². The molecule has 1 aliphatic rings. The van der Waals surface area contributed by atoms with Crippen LogP contribution in [0.3, 0.4) is 0 Å². The van der Waals surface area contributed by atoms with Crippen molar-refractivity contribution in [2.45, 2.75) is 31.2 Å². The summed E-state index contributed by atoms with van der Waals surface area (Å²) in [6.45, 7) is 3.11. The summed E-state index contributed by atoms with van der Waals surface area (Å²) in [6.07, 6.45) is 2.22. The highest BCUT2D eigenvalue weighted by Crippen LogP contribution is 2.51. The van der Waals surface area contributed by atoms with Crippen LogP contribution in [0.4, 0.5) is 0 Å². The lowest BCUT2D eigenvalue weighted by molar-refractivity contribution is -0.127. The molecule has 5 heteroatoms. The quantitative estimate of drug-likeness (QED) is 0.729. The van der Waals surface area contributed by atoms with Crippen LogP contribution in [-0.4, -0.2) is 38.9 Å². The van der Waals surface area contributed by atoms with E-state index < -0.39 is 0 Å². The molecular weight excluding hydrogens is 334 g/mol. The Balaban J connectivity index is 1.86. The minimum atomic E-state index is -0.0676. The zero-order valence-electron chi connectivity index (χ0n) is 12.5. The van der Waals surface area contributed by atoms with Crippen LogP contribution >= 0.6 is 15.9 Å². The number of hydrogen-bond acceptors (Lipinski definition) is 3. The summed E-state index contributed by atoms with van der Waals surface area (Å²) in [6, 6.07) is 8.48. The number of nitrogens with one attached hydrogen (secondary N) is 1. The zero-order chi connectivity index (χ0) is 15.3. The van der Waals surface area contributed by atoms with E-state index in [-0.39, 0.29) is 24.0 Å². The summed E-state index contributed by atoms with van der Waals surface area (Å²) in [5, 5.41) is 3.06. The van der Waals surface area contributed by atoms with Crippen LogP contribution in [0.1, 0.15) is 25.3 Å². The fourth-order valence-corrected chi connectivity index (χ4v) is 2.88. The normalized spacial score (nSPS) is 17.3. The van der Waals surface area contributed by atoms with Crippen molar-refractivity contribution in [2.75, 3.05) is 26.9 Å². The number of rotatable bonds is 8. The van der Waals surface area contributed by atoms with Gasteiger partial charge in [0.25, 0.3) is 0 Å². The predicted molar refractivity (Wildman–Crippen MR) is 85.4 cm³/mol. The first kappa shape index (κ1) is 16.5. The van der Waals surface area contributed by atoms with Crippen LogP contribution in [0.5, 0.6) is 0 Å². The molecular formula is C16H22BrNO3. The van der Waals surface area contributed by atoms with Crippen LogP contribution < -0.4 is 5.32 Å². The SMILES string of the molecule is COCCOCC(=O)NC(C)C1(c2ccc(Br)cc2)CC1. The fourth-order valence-electron chi connectivity index (χ4n) is 2.62. The first-order chi connectivity index (χ1) is 10.1. The van der Waals surface area contributed by atoms with Crippen molar-refractivity contribution >= 4 is 21.8 Å². The molecule has 0 radical (unpaired) electrons. The Labute approximate surface area is 134 Å². The highest BCUT2D eigenvalue weighted by Gasteiger charge is 2.49.